The third kappa shape index (κ3) is 3.81. The van der Waals surface area contributed by atoms with E-state index in [0.717, 1.165) is 10.0 Å². The lowest BCUT2D eigenvalue weighted by Crippen LogP contribution is -2.19. The van der Waals surface area contributed by atoms with Crippen LogP contribution in [0.2, 0.25) is 0 Å². The number of nitrogens with zero attached hydrogens (tertiary/aromatic N) is 1. The number of aromatic hydroxyl groups is 1. The number of benzene rings is 1. The predicted octanol–water partition coefficient (Wildman–Crippen LogP) is 3.20. The van der Waals surface area contributed by atoms with Crippen LogP contribution in [0.15, 0.2) is 34.9 Å². The average Bonchev–Trinajstić information content (AvgIpc) is 2.49. The molecule has 0 unspecified atom stereocenters. The first kappa shape index (κ1) is 15.9. The number of halogens is 1. The molecule has 0 saturated heterocycles. The molecule has 0 radical (unpaired) electrons. The van der Waals surface area contributed by atoms with Crippen molar-refractivity contribution in [3.63, 3.8) is 0 Å². The van der Waals surface area contributed by atoms with Crippen LogP contribution in [0.4, 0.5) is 0 Å². The molecule has 0 saturated carbocycles. The summed E-state index contributed by atoms with van der Waals surface area (Å²) in [4.78, 5) is 4.06. The molecule has 0 spiro atoms. The molecule has 0 fully saturated rings. The quantitative estimate of drug-likeness (QED) is 0.774. The fourth-order valence-corrected chi connectivity index (χ4v) is 2.41. The van der Waals surface area contributed by atoms with E-state index in [1.54, 1.807) is 13.1 Å². The number of rotatable bonds is 5. The Bertz CT molecular complexity index is 614. The number of pyridine rings is 1. The van der Waals surface area contributed by atoms with E-state index in [1.807, 2.05) is 24.3 Å². The molecule has 0 aliphatic carbocycles. The molecule has 5 heteroatoms. The van der Waals surface area contributed by atoms with Crippen LogP contribution in [-0.2, 0) is 13.2 Å². The average molecular weight is 351 g/mol. The van der Waals surface area contributed by atoms with E-state index in [-0.39, 0.29) is 18.4 Å². The maximum atomic E-state index is 10.1. The SMILES string of the molecule is Cc1ncc(CO)c(CN[C@@H](C)c2ccc(Br)cc2)c1O. The summed E-state index contributed by atoms with van der Waals surface area (Å²) < 4.78 is 1.04. The Kier molecular flexibility index (Phi) is 5.33. The monoisotopic (exact) mass is 350 g/mol. The molecule has 0 aliphatic heterocycles. The van der Waals surface area contributed by atoms with Crippen LogP contribution in [-0.4, -0.2) is 15.2 Å². The van der Waals surface area contributed by atoms with E-state index in [1.165, 1.54) is 0 Å². The lowest BCUT2D eigenvalue weighted by atomic mass is 10.1. The van der Waals surface area contributed by atoms with Gasteiger partial charge in [0.1, 0.15) is 5.75 Å². The van der Waals surface area contributed by atoms with Crippen LogP contribution in [0.3, 0.4) is 0 Å². The van der Waals surface area contributed by atoms with Crippen molar-refractivity contribution in [2.45, 2.75) is 33.0 Å². The van der Waals surface area contributed by atoms with Crippen LogP contribution in [0.1, 0.15) is 35.3 Å². The standard InChI is InChI=1S/C16H19BrN2O2/c1-10(12-3-5-14(17)6-4-12)19-8-15-13(9-20)7-18-11(2)16(15)21/h3-7,10,19-21H,8-9H2,1-2H3/t10-/m0/s1. The second kappa shape index (κ2) is 7.02. The van der Waals surface area contributed by atoms with E-state index in [2.05, 4.69) is 33.2 Å². The molecule has 2 aromatic rings. The number of hydrogen-bond acceptors (Lipinski definition) is 4. The highest BCUT2D eigenvalue weighted by atomic mass is 79.9. The van der Waals surface area contributed by atoms with Gasteiger partial charge in [0.05, 0.1) is 12.3 Å². The van der Waals surface area contributed by atoms with Crippen molar-refractivity contribution in [3.05, 3.63) is 57.3 Å². The predicted molar refractivity (Wildman–Crippen MR) is 86.0 cm³/mol. The Labute approximate surface area is 133 Å². The van der Waals surface area contributed by atoms with Crippen LogP contribution in [0.25, 0.3) is 0 Å². The maximum absolute atomic E-state index is 10.1. The molecule has 1 aromatic heterocycles. The molecular weight excluding hydrogens is 332 g/mol. The number of hydrogen-bond donors (Lipinski definition) is 3. The van der Waals surface area contributed by atoms with Gasteiger partial charge in [-0.15, -0.1) is 0 Å². The molecule has 112 valence electrons. The van der Waals surface area contributed by atoms with Crippen molar-refractivity contribution in [2.24, 2.45) is 0 Å². The zero-order chi connectivity index (χ0) is 15.4. The summed E-state index contributed by atoms with van der Waals surface area (Å²) in [6, 6.07) is 8.23. The van der Waals surface area contributed by atoms with Crippen LogP contribution in [0, 0.1) is 6.92 Å². The van der Waals surface area contributed by atoms with Gasteiger partial charge in [0, 0.05) is 34.4 Å². The van der Waals surface area contributed by atoms with Crippen molar-refractivity contribution in [2.75, 3.05) is 0 Å². The summed E-state index contributed by atoms with van der Waals surface area (Å²) in [6.45, 7) is 4.15. The zero-order valence-corrected chi connectivity index (χ0v) is 13.7. The molecule has 1 atom stereocenters. The first-order chi connectivity index (χ1) is 10.0. The van der Waals surface area contributed by atoms with Crippen LogP contribution < -0.4 is 5.32 Å². The minimum Gasteiger partial charge on any atom is -0.506 e. The Morgan fingerprint density at radius 2 is 1.95 bits per heavy atom. The van der Waals surface area contributed by atoms with Crippen molar-refractivity contribution in [1.29, 1.82) is 0 Å². The molecule has 1 aromatic carbocycles. The summed E-state index contributed by atoms with van der Waals surface area (Å²) in [7, 11) is 0. The summed E-state index contributed by atoms with van der Waals surface area (Å²) in [5.74, 6) is 0.150. The molecule has 21 heavy (non-hydrogen) atoms. The van der Waals surface area contributed by atoms with Gasteiger partial charge >= 0.3 is 0 Å². The van der Waals surface area contributed by atoms with Gasteiger partial charge in [0.2, 0.25) is 0 Å². The van der Waals surface area contributed by atoms with Gasteiger partial charge in [0.25, 0.3) is 0 Å². The van der Waals surface area contributed by atoms with Crippen molar-refractivity contribution < 1.29 is 10.2 Å². The highest BCUT2D eigenvalue weighted by molar-refractivity contribution is 9.10. The molecule has 4 nitrogen and oxygen atoms in total. The third-order valence-electron chi connectivity index (χ3n) is 3.56. The fraction of sp³-hybridized carbons (Fsp3) is 0.312. The van der Waals surface area contributed by atoms with E-state index in [9.17, 15) is 10.2 Å². The van der Waals surface area contributed by atoms with Gasteiger partial charge in [-0.1, -0.05) is 28.1 Å². The Hall–Kier alpha value is -1.43. The Balaban J connectivity index is 2.12. The minimum absolute atomic E-state index is 0.134. The summed E-state index contributed by atoms with van der Waals surface area (Å²) in [5.41, 5.74) is 3.08. The Morgan fingerprint density at radius 3 is 2.57 bits per heavy atom. The van der Waals surface area contributed by atoms with Crippen molar-refractivity contribution in [3.8, 4) is 5.75 Å². The normalized spacial score (nSPS) is 12.4. The van der Waals surface area contributed by atoms with Gasteiger partial charge in [0.15, 0.2) is 0 Å². The molecule has 3 N–H and O–H groups in total. The third-order valence-corrected chi connectivity index (χ3v) is 4.08. The molecular formula is C16H19BrN2O2. The number of nitrogens with one attached hydrogen (secondary N) is 1. The second-order valence-electron chi connectivity index (χ2n) is 5.01. The van der Waals surface area contributed by atoms with Crippen LogP contribution in [0.5, 0.6) is 5.75 Å². The lowest BCUT2D eigenvalue weighted by Gasteiger charge is -2.17. The van der Waals surface area contributed by atoms with Gasteiger partial charge in [-0.3, -0.25) is 4.98 Å². The highest BCUT2D eigenvalue weighted by Gasteiger charge is 2.13. The Morgan fingerprint density at radius 1 is 1.29 bits per heavy atom. The molecule has 0 aliphatic rings. The second-order valence-corrected chi connectivity index (χ2v) is 5.92. The minimum atomic E-state index is -0.134. The smallest absolute Gasteiger partial charge is 0.141 e. The molecule has 0 bridgehead atoms. The molecule has 1 heterocycles. The van der Waals surface area contributed by atoms with Gasteiger partial charge in [-0.2, -0.15) is 0 Å². The highest BCUT2D eigenvalue weighted by Crippen LogP contribution is 2.25. The zero-order valence-electron chi connectivity index (χ0n) is 12.1. The maximum Gasteiger partial charge on any atom is 0.141 e. The number of aryl methyl sites for hydroxylation is 1. The van der Waals surface area contributed by atoms with Crippen molar-refractivity contribution in [1.82, 2.24) is 10.3 Å². The van der Waals surface area contributed by atoms with Crippen LogP contribution >= 0.6 is 15.9 Å². The van der Waals surface area contributed by atoms with Gasteiger partial charge in [-0.25, -0.2) is 0 Å². The largest absolute Gasteiger partial charge is 0.506 e. The summed E-state index contributed by atoms with van der Waals surface area (Å²) in [5, 5.41) is 22.8. The lowest BCUT2D eigenvalue weighted by molar-refractivity contribution is 0.278. The number of aliphatic hydroxyl groups excluding tert-OH is 1. The van der Waals surface area contributed by atoms with Gasteiger partial charge < -0.3 is 15.5 Å². The molecule has 0 amide bonds. The number of aromatic nitrogens is 1. The van der Waals surface area contributed by atoms with E-state index in [4.69, 9.17) is 0 Å². The van der Waals surface area contributed by atoms with E-state index < -0.39 is 0 Å². The first-order valence-electron chi connectivity index (χ1n) is 6.79. The van der Waals surface area contributed by atoms with Crippen molar-refractivity contribution >= 4 is 15.9 Å². The topological polar surface area (TPSA) is 65.4 Å². The fourth-order valence-electron chi connectivity index (χ4n) is 2.14. The van der Waals surface area contributed by atoms with Gasteiger partial charge in [-0.05, 0) is 31.5 Å². The first-order valence-corrected chi connectivity index (χ1v) is 7.58. The number of aliphatic hydroxyl groups is 1. The van der Waals surface area contributed by atoms with E-state index >= 15 is 0 Å². The van der Waals surface area contributed by atoms with E-state index in [0.29, 0.717) is 23.4 Å². The molecule has 2 rings (SSSR count). The summed E-state index contributed by atoms with van der Waals surface area (Å²) >= 11 is 3.42. The summed E-state index contributed by atoms with van der Waals surface area (Å²) in [6.07, 6.45) is 1.61.